The highest BCUT2D eigenvalue weighted by molar-refractivity contribution is 14.1. The minimum Gasteiger partial charge on any atom is -0.455 e. The van der Waals surface area contributed by atoms with E-state index in [1.807, 2.05) is 31.2 Å². The number of esters is 1. The largest absolute Gasteiger partial charge is 0.455 e. The average molecular weight is 334 g/mol. The molecule has 0 aliphatic rings. The third-order valence-electron chi connectivity index (χ3n) is 1.87. The lowest BCUT2D eigenvalue weighted by molar-refractivity contribution is -0.161. The van der Waals surface area contributed by atoms with Crippen molar-refractivity contribution in [2.75, 3.05) is 0 Å². The maximum atomic E-state index is 11.2. The number of carbonyl (C=O) groups is 1. The molecule has 0 heterocycles. The molecule has 0 aromatic heterocycles. The lowest BCUT2D eigenvalue weighted by atomic mass is 10.3. The zero-order valence-electron chi connectivity index (χ0n) is 9.40. The lowest BCUT2D eigenvalue weighted by Gasteiger charge is -2.15. The van der Waals surface area contributed by atoms with Crippen LogP contribution in [0.15, 0.2) is 24.3 Å². The molecule has 1 unspecified atom stereocenters. The Hall–Kier alpha value is -0.780. The third-order valence-corrected chi connectivity index (χ3v) is 2.59. The Morgan fingerprint density at radius 3 is 2.56 bits per heavy atom. The Labute approximate surface area is 109 Å². The first-order valence-electron chi connectivity index (χ1n) is 5.23. The van der Waals surface area contributed by atoms with Crippen molar-refractivity contribution in [1.29, 1.82) is 0 Å². The van der Waals surface area contributed by atoms with Crippen LogP contribution in [0.3, 0.4) is 0 Å². The first-order valence-corrected chi connectivity index (χ1v) is 6.31. The summed E-state index contributed by atoms with van der Waals surface area (Å²) >= 11 is 2.22. The highest BCUT2D eigenvalue weighted by Gasteiger charge is 2.09. The van der Waals surface area contributed by atoms with Gasteiger partial charge < -0.3 is 9.47 Å². The van der Waals surface area contributed by atoms with Gasteiger partial charge in [0.1, 0.15) is 5.75 Å². The number of halogens is 1. The number of rotatable bonds is 5. The summed E-state index contributed by atoms with van der Waals surface area (Å²) < 4.78 is 11.6. The lowest BCUT2D eigenvalue weighted by Crippen LogP contribution is -2.20. The quantitative estimate of drug-likeness (QED) is 0.471. The summed E-state index contributed by atoms with van der Waals surface area (Å²) in [5, 5.41) is 0. The van der Waals surface area contributed by atoms with E-state index in [1.54, 1.807) is 6.92 Å². The van der Waals surface area contributed by atoms with Gasteiger partial charge >= 0.3 is 5.97 Å². The van der Waals surface area contributed by atoms with Crippen molar-refractivity contribution >= 4 is 28.6 Å². The SMILES string of the molecule is CCCC(=O)OC(C)Oc1ccc(I)cc1. The van der Waals surface area contributed by atoms with Crippen LogP contribution >= 0.6 is 22.6 Å². The number of benzene rings is 1. The summed E-state index contributed by atoms with van der Waals surface area (Å²) in [5.74, 6) is 0.484. The van der Waals surface area contributed by atoms with E-state index in [0.717, 1.165) is 9.99 Å². The molecule has 1 atom stereocenters. The molecule has 1 aromatic rings. The maximum absolute atomic E-state index is 11.2. The van der Waals surface area contributed by atoms with E-state index in [-0.39, 0.29) is 5.97 Å². The van der Waals surface area contributed by atoms with E-state index < -0.39 is 6.29 Å². The van der Waals surface area contributed by atoms with Crippen molar-refractivity contribution in [2.45, 2.75) is 33.0 Å². The Kier molecular flexibility index (Phi) is 5.59. The summed E-state index contributed by atoms with van der Waals surface area (Å²) in [6, 6.07) is 7.59. The van der Waals surface area contributed by atoms with Crippen LogP contribution in [0.25, 0.3) is 0 Å². The van der Waals surface area contributed by atoms with Gasteiger partial charge in [0, 0.05) is 16.9 Å². The van der Waals surface area contributed by atoms with Gasteiger partial charge in [-0.3, -0.25) is 4.79 Å². The summed E-state index contributed by atoms with van der Waals surface area (Å²) in [7, 11) is 0. The minimum absolute atomic E-state index is 0.222. The molecule has 0 amide bonds. The normalized spacial score (nSPS) is 11.9. The molecule has 0 spiro atoms. The molecular formula is C12H15IO3. The van der Waals surface area contributed by atoms with E-state index in [0.29, 0.717) is 12.2 Å². The van der Waals surface area contributed by atoms with Gasteiger partial charge in [0.25, 0.3) is 0 Å². The summed E-state index contributed by atoms with van der Waals surface area (Å²) in [6.45, 7) is 3.65. The second kappa shape index (κ2) is 6.73. The summed E-state index contributed by atoms with van der Waals surface area (Å²) in [6.07, 6.45) is 0.675. The molecule has 0 saturated carbocycles. The van der Waals surface area contributed by atoms with Crippen molar-refractivity contribution in [3.8, 4) is 5.75 Å². The van der Waals surface area contributed by atoms with E-state index in [1.165, 1.54) is 0 Å². The Balaban J connectivity index is 2.42. The van der Waals surface area contributed by atoms with Crippen LogP contribution in [-0.2, 0) is 9.53 Å². The molecule has 0 N–H and O–H groups in total. The van der Waals surface area contributed by atoms with E-state index >= 15 is 0 Å². The van der Waals surface area contributed by atoms with Crippen molar-refractivity contribution in [3.63, 3.8) is 0 Å². The zero-order chi connectivity index (χ0) is 12.0. The minimum atomic E-state index is -0.542. The van der Waals surface area contributed by atoms with Crippen LogP contribution in [0.2, 0.25) is 0 Å². The highest BCUT2D eigenvalue weighted by atomic mass is 127. The van der Waals surface area contributed by atoms with Crippen molar-refractivity contribution in [1.82, 2.24) is 0 Å². The monoisotopic (exact) mass is 334 g/mol. The first kappa shape index (κ1) is 13.3. The number of carbonyl (C=O) groups excluding carboxylic acids is 1. The van der Waals surface area contributed by atoms with Crippen LogP contribution in [0.1, 0.15) is 26.7 Å². The van der Waals surface area contributed by atoms with E-state index in [9.17, 15) is 4.79 Å². The van der Waals surface area contributed by atoms with E-state index in [2.05, 4.69) is 22.6 Å². The number of hydrogen-bond acceptors (Lipinski definition) is 3. The Bertz CT molecular complexity index is 335. The van der Waals surface area contributed by atoms with Gasteiger partial charge in [0.2, 0.25) is 6.29 Å². The summed E-state index contributed by atoms with van der Waals surface area (Å²) in [4.78, 5) is 11.2. The third kappa shape index (κ3) is 4.83. The molecule has 4 heteroatoms. The predicted molar refractivity (Wildman–Crippen MR) is 70.2 cm³/mol. The second-order valence-corrected chi connectivity index (χ2v) is 4.62. The molecule has 0 fully saturated rings. The maximum Gasteiger partial charge on any atom is 0.308 e. The fraction of sp³-hybridized carbons (Fsp3) is 0.417. The Morgan fingerprint density at radius 1 is 1.38 bits per heavy atom. The van der Waals surface area contributed by atoms with Crippen molar-refractivity contribution in [3.05, 3.63) is 27.8 Å². The second-order valence-electron chi connectivity index (χ2n) is 3.38. The van der Waals surface area contributed by atoms with Crippen molar-refractivity contribution in [2.24, 2.45) is 0 Å². The van der Waals surface area contributed by atoms with Crippen molar-refractivity contribution < 1.29 is 14.3 Å². The molecule has 16 heavy (non-hydrogen) atoms. The molecule has 1 aromatic carbocycles. The predicted octanol–water partition coefficient (Wildman–Crippen LogP) is 3.36. The molecule has 1 rings (SSSR count). The van der Waals surface area contributed by atoms with Gasteiger partial charge in [-0.1, -0.05) is 6.92 Å². The van der Waals surface area contributed by atoms with Crippen LogP contribution in [0.4, 0.5) is 0 Å². The summed E-state index contributed by atoms with van der Waals surface area (Å²) in [5.41, 5.74) is 0. The topological polar surface area (TPSA) is 35.5 Å². The number of hydrogen-bond donors (Lipinski definition) is 0. The van der Waals surface area contributed by atoms with Gasteiger partial charge in [-0.15, -0.1) is 0 Å². The Morgan fingerprint density at radius 2 is 2.00 bits per heavy atom. The number of ether oxygens (including phenoxy) is 2. The standard InChI is InChI=1S/C12H15IO3/c1-3-4-12(14)16-9(2)15-11-7-5-10(13)6-8-11/h5-9H,3-4H2,1-2H3. The highest BCUT2D eigenvalue weighted by Crippen LogP contribution is 2.15. The molecule has 0 saturated heterocycles. The van der Waals surface area contributed by atoms with Crippen LogP contribution in [0, 0.1) is 3.57 Å². The molecule has 0 bridgehead atoms. The smallest absolute Gasteiger partial charge is 0.308 e. The van der Waals surface area contributed by atoms with Gasteiger partial charge in [-0.05, 0) is 53.3 Å². The van der Waals surface area contributed by atoms with Crippen LogP contribution in [-0.4, -0.2) is 12.3 Å². The van der Waals surface area contributed by atoms with Gasteiger partial charge in [0.05, 0.1) is 0 Å². The molecule has 0 aliphatic heterocycles. The molecule has 88 valence electrons. The van der Waals surface area contributed by atoms with Crippen LogP contribution < -0.4 is 4.74 Å². The fourth-order valence-corrected chi connectivity index (χ4v) is 1.54. The first-order chi connectivity index (χ1) is 7.61. The van der Waals surface area contributed by atoms with E-state index in [4.69, 9.17) is 9.47 Å². The fourth-order valence-electron chi connectivity index (χ4n) is 1.18. The van der Waals surface area contributed by atoms with Gasteiger partial charge in [-0.2, -0.15) is 0 Å². The van der Waals surface area contributed by atoms with Crippen LogP contribution in [0.5, 0.6) is 5.75 Å². The average Bonchev–Trinajstić information content (AvgIpc) is 2.21. The molecule has 0 aliphatic carbocycles. The van der Waals surface area contributed by atoms with Gasteiger partial charge in [-0.25, -0.2) is 0 Å². The molecule has 3 nitrogen and oxygen atoms in total. The molecular weight excluding hydrogens is 319 g/mol. The zero-order valence-corrected chi connectivity index (χ0v) is 11.6. The molecule has 0 radical (unpaired) electrons. The van der Waals surface area contributed by atoms with Gasteiger partial charge in [0.15, 0.2) is 0 Å².